The van der Waals surface area contributed by atoms with Gasteiger partial charge in [-0.15, -0.1) is 0 Å². The van der Waals surface area contributed by atoms with Crippen molar-refractivity contribution in [3.63, 3.8) is 0 Å². The van der Waals surface area contributed by atoms with E-state index in [4.69, 9.17) is 4.74 Å². The minimum atomic E-state index is 0.677. The highest BCUT2D eigenvalue weighted by Gasteiger charge is 2.20. The summed E-state index contributed by atoms with van der Waals surface area (Å²) in [7, 11) is 0. The Morgan fingerprint density at radius 2 is 2.16 bits per heavy atom. The van der Waals surface area contributed by atoms with Crippen molar-refractivity contribution in [2.24, 2.45) is 0 Å². The van der Waals surface area contributed by atoms with Gasteiger partial charge in [0.1, 0.15) is 12.4 Å². The van der Waals surface area contributed by atoms with E-state index >= 15 is 0 Å². The molecule has 0 saturated carbocycles. The smallest absolute Gasteiger partial charge is 0.129 e. The number of halogens is 1. The first-order valence-corrected chi connectivity index (χ1v) is 7.39. The van der Waals surface area contributed by atoms with Gasteiger partial charge in [0.2, 0.25) is 0 Å². The zero-order valence-electron chi connectivity index (χ0n) is 11.8. The number of hydrogen-bond donors (Lipinski definition) is 0. The first-order valence-electron chi connectivity index (χ1n) is 6.60. The van der Waals surface area contributed by atoms with Crippen molar-refractivity contribution in [1.29, 1.82) is 0 Å². The molecule has 19 heavy (non-hydrogen) atoms. The molecule has 0 N–H and O–H groups in total. The van der Waals surface area contributed by atoms with Gasteiger partial charge in [-0.2, -0.15) is 0 Å². The average Bonchev–Trinajstić information content (AvgIpc) is 2.56. The first-order chi connectivity index (χ1) is 9.04. The van der Waals surface area contributed by atoms with Crippen molar-refractivity contribution in [3.8, 4) is 5.75 Å². The maximum absolute atomic E-state index is 5.84. The van der Waals surface area contributed by atoms with Gasteiger partial charge in [0.25, 0.3) is 0 Å². The Labute approximate surface area is 123 Å². The minimum Gasteiger partial charge on any atom is -0.491 e. The summed E-state index contributed by atoms with van der Waals surface area (Å²) in [5, 5.41) is 0. The topological polar surface area (TPSA) is 12.5 Å². The van der Waals surface area contributed by atoms with Crippen molar-refractivity contribution >= 4 is 21.6 Å². The first kappa shape index (κ1) is 14.2. The van der Waals surface area contributed by atoms with Crippen LogP contribution in [0, 0.1) is 0 Å². The lowest BCUT2D eigenvalue weighted by molar-refractivity contribution is 0.293. The lowest BCUT2D eigenvalue weighted by Gasteiger charge is -2.26. The molecule has 1 aromatic rings. The lowest BCUT2D eigenvalue weighted by Crippen LogP contribution is -2.23. The maximum Gasteiger partial charge on any atom is 0.129 e. The van der Waals surface area contributed by atoms with Gasteiger partial charge in [-0.3, -0.25) is 0 Å². The van der Waals surface area contributed by atoms with Crippen molar-refractivity contribution in [3.05, 3.63) is 46.1 Å². The molecule has 0 saturated heterocycles. The Balaban J connectivity index is 2.42. The van der Waals surface area contributed by atoms with Gasteiger partial charge in [-0.1, -0.05) is 35.0 Å². The Bertz CT molecular complexity index is 534. The summed E-state index contributed by atoms with van der Waals surface area (Å²) in [6, 6.07) is 6.10. The second kappa shape index (κ2) is 5.83. The summed E-state index contributed by atoms with van der Waals surface area (Å²) >= 11 is 3.48. The van der Waals surface area contributed by atoms with Gasteiger partial charge in [0, 0.05) is 21.4 Å². The molecule has 0 spiro atoms. The molecule has 0 amide bonds. The third-order valence-corrected chi connectivity index (χ3v) is 4.20. The molecule has 1 aliphatic heterocycles. The quantitative estimate of drug-likeness (QED) is 0.774. The SMILES string of the molecule is C=C1c2ccc(Br)cc2OCCN1/C(C)=C(\C)CC. The van der Waals surface area contributed by atoms with Crippen molar-refractivity contribution < 1.29 is 4.74 Å². The molecule has 0 fully saturated rings. The molecule has 0 atom stereocenters. The fourth-order valence-electron chi connectivity index (χ4n) is 2.24. The second-order valence-corrected chi connectivity index (χ2v) is 5.72. The predicted molar refractivity (Wildman–Crippen MR) is 84.0 cm³/mol. The van der Waals surface area contributed by atoms with Crippen molar-refractivity contribution in [1.82, 2.24) is 4.90 Å². The number of ether oxygens (including phenoxy) is 1. The van der Waals surface area contributed by atoms with Crippen molar-refractivity contribution in [2.45, 2.75) is 27.2 Å². The van der Waals surface area contributed by atoms with Gasteiger partial charge in [0.05, 0.1) is 6.54 Å². The van der Waals surface area contributed by atoms with E-state index < -0.39 is 0 Å². The number of fused-ring (bicyclic) bond motifs is 1. The van der Waals surface area contributed by atoms with E-state index in [1.165, 1.54) is 11.3 Å². The van der Waals surface area contributed by atoms with Crippen LogP contribution >= 0.6 is 15.9 Å². The van der Waals surface area contributed by atoms with Crippen LogP contribution in [0.25, 0.3) is 5.70 Å². The van der Waals surface area contributed by atoms with Gasteiger partial charge in [0.15, 0.2) is 0 Å². The molecule has 1 aromatic carbocycles. The standard InChI is InChI=1S/C16H20BrNO/c1-5-11(2)12(3)18-8-9-19-16-10-14(17)6-7-15(16)13(18)4/h6-7,10H,4-5,8-9H2,1-3H3/b12-11+. The van der Waals surface area contributed by atoms with E-state index in [-0.39, 0.29) is 0 Å². The average molecular weight is 322 g/mol. The van der Waals surface area contributed by atoms with E-state index in [9.17, 15) is 0 Å². The molecule has 102 valence electrons. The number of hydrogen-bond acceptors (Lipinski definition) is 2. The lowest BCUT2D eigenvalue weighted by atomic mass is 10.1. The molecule has 0 aliphatic carbocycles. The fourth-order valence-corrected chi connectivity index (χ4v) is 2.58. The molecular formula is C16H20BrNO. The molecule has 0 aromatic heterocycles. The highest BCUT2D eigenvalue weighted by molar-refractivity contribution is 9.10. The summed E-state index contributed by atoms with van der Waals surface area (Å²) in [5.74, 6) is 0.906. The largest absolute Gasteiger partial charge is 0.491 e. The molecular weight excluding hydrogens is 302 g/mol. The zero-order valence-corrected chi connectivity index (χ0v) is 13.4. The normalized spacial score (nSPS) is 16.4. The van der Waals surface area contributed by atoms with Crippen LogP contribution in [0.1, 0.15) is 32.8 Å². The highest BCUT2D eigenvalue weighted by Crippen LogP contribution is 2.34. The van der Waals surface area contributed by atoms with E-state index in [2.05, 4.69) is 54.2 Å². The van der Waals surface area contributed by atoms with Crippen LogP contribution in [0.15, 0.2) is 40.5 Å². The van der Waals surface area contributed by atoms with E-state index in [1.54, 1.807) is 0 Å². The van der Waals surface area contributed by atoms with E-state index in [0.717, 1.165) is 34.4 Å². The number of benzene rings is 1. The van der Waals surface area contributed by atoms with Gasteiger partial charge >= 0.3 is 0 Å². The Hall–Kier alpha value is -1.22. The summed E-state index contributed by atoms with van der Waals surface area (Å²) in [6.07, 6.45) is 1.06. The van der Waals surface area contributed by atoms with Crippen LogP contribution in [0.3, 0.4) is 0 Å². The molecule has 2 rings (SSSR count). The third-order valence-electron chi connectivity index (χ3n) is 3.71. The maximum atomic E-state index is 5.84. The third kappa shape index (κ3) is 2.86. The van der Waals surface area contributed by atoms with Gasteiger partial charge < -0.3 is 9.64 Å². The fraction of sp³-hybridized carbons (Fsp3) is 0.375. The number of allylic oxidation sites excluding steroid dienone is 2. The molecule has 1 heterocycles. The second-order valence-electron chi connectivity index (χ2n) is 4.81. The van der Waals surface area contributed by atoms with E-state index in [0.29, 0.717) is 6.61 Å². The van der Waals surface area contributed by atoms with E-state index in [1.807, 2.05) is 12.1 Å². The molecule has 1 aliphatic rings. The molecule has 0 radical (unpaired) electrons. The molecule has 2 nitrogen and oxygen atoms in total. The monoisotopic (exact) mass is 321 g/mol. The highest BCUT2D eigenvalue weighted by atomic mass is 79.9. The van der Waals surface area contributed by atoms with Crippen LogP contribution in [0.2, 0.25) is 0 Å². The number of nitrogens with zero attached hydrogens (tertiary/aromatic N) is 1. The summed E-state index contributed by atoms with van der Waals surface area (Å²) in [6.45, 7) is 12.3. The zero-order chi connectivity index (χ0) is 14.0. The van der Waals surface area contributed by atoms with Crippen LogP contribution in [-0.4, -0.2) is 18.1 Å². The van der Waals surface area contributed by atoms with Crippen LogP contribution in [-0.2, 0) is 0 Å². The van der Waals surface area contributed by atoms with Crippen LogP contribution in [0.5, 0.6) is 5.75 Å². The van der Waals surface area contributed by atoms with Gasteiger partial charge in [-0.25, -0.2) is 0 Å². The van der Waals surface area contributed by atoms with Crippen LogP contribution in [0.4, 0.5) is 0 Å². The minimum absolute atomic E-state index is 0.677. The Kier molecular flexibility index (Phi) is 4.35. The van der Waals surface area contributed by atoms with Crippen LogP contribution < -0.4 is 4.74 Å². The summed E-state index contributed by atoms with van der Waals surface area (Å²) in [5.41, 5.74) is 4.77. The Morgan fingerprint density at radius 1 is 1.42 bits per heavy atom. The van der Waals surface area contributed by atoms with Gasteiger partial charge in [-0.05, 0) is 38.5 Å². The van der Waals surface area contributed by atoms with Crippen molar-refractivity contribution in [2.75, 3.05) is 13.2 Å². The molecule has 0 bridgehead atoms. The molecule has 0 unspecified atom stereocenters. The Morgan fingerprint density at radius 3 is 2.84 bits per heavy atom. The molecule has 3 heteroatoms. The summed E-state index contributed by atoms with van der Waals surface area (Å²) < 4.78 is 6.87. The predicted octanol–water partition coefficient (Wildman–Crippen LogP) is 4.82. The summed E-state index contributed by atoms with van der Waals surface area (Å²) in [4.78, 5) is 2.26. The number of rotatable bonds is 2.